The monoisotopic (exact) mass is 379 g/mol. The summed E-state index contributed by atoms with van der Waals surface area (Å²) >= 11 is 12.1. The van der Waals surface area contributed by atoms with Crippen LogP contribution in [0.1, 0.15) is 11.1 Å². The molecule has 0 saturated carbocycles. The second kappa shape index (κ2) is 7.34. The van der Waals surface area contributed by atoms with Crippen LogP contribution in [0.5, 0.6) is 5.75 Å². The van der Waals surface area contributed by atoms with E-state index < -0.39 is 5.82 Å². The summed E-state index contributed by atoms with van der Waals surface area (Å²) < 4.78 is 19.8. The predicted octanol–water partition coefficient (Wildman–Crippen LogP) is 4.55. The van der Waals surface area contributed by atoms with Crippen molar-refractivity contribution in [1.29, 1.82) is 0 Å². The number of nitrogens with one attached hydrogen (secondary N) is 1. The van der Waals surface area contributed by atoms with E-state index in [0.717, 1.165) is 5.56 Å². The molecule has 7 heteroatoms. The average molecular weight is 380 g/mol. The van der Waals surface area contributed by atoms with E-state index in [1.54, 1.807) is 36.4 Å². The van der Waals surface area contributed by atoms with Crippen molar-refractivity contribution in [2.45, 2.75) is 6.61 Å². The third kappa shape index (κ3) is 3.95. The van der Waals surface area contributed by atoms with E-state index in [2.05, 4.69) is 5.32 Å². The van der Waals surface area contributed by atoms with E-state index in [1.165, 1.54) is 17.8 Å². The summed E-state index contributed by atoms with van der Waals surface area (Å²) in [6.45, 7) is 0.0187. The second-order valence-corrected chi connectivity index (χ2v) is 7.04. The van der Waals surface area contributed by atoms with Crippen molar-refractivity contribution in [3.8, 4) is 5.75 Å². The highest BCUT2D eigenvalue weighted by atomic mass is 35.5. The minimum Gasteiger partial charge on any atom is -0.489 e. The molecule has 1 aliphatic rings. The van der Waals surface area contributed by atoms with Gasteiger partial charge in [-0.25, -0.2) is 4.39 Å². The first-order valence-corrected chi connectivity index (χ1v) is 8.54. The van der Waals surface area contributed by atoms with E-state index in [9.17, 15) is 9.18 Å². The fraction of sp³-hybridized carbons (Fsp3) is 0.0588. The van der Waals surface area contributed by atoms with E-state index in [0.29, 0.717) is 25.6 Å². The summed E-state index contributed by atoms with van der Waals surface area (Å²) in [6, 6.07) is 11.6. The summed E-state index contributed by atoms with van der Waals surface area (Å²) in [6.07, 6.45) is 1.72. The number of halogens is 2. The van der Waals surface area contributed by atoms with Gasteiger partial charge in [0.15, 0.2) is 0 Å². The largest absolute Gasteiger partial charge is 0.489 e. The number of thioether (sulfide) groups is 1. The fourth-order valence-electron chi connectivity index (χ4n) is 2.09. The molecule has 0 spiro atoms. The summed E-state index contributed by atoms with van der Waals surface area (Å²) in [7, 11) is 0. The normalized spacial score (nSPS) is 15.7. The smallest absolute Gasteiger partial charge is 0.263 e. The van der Waals surface area contributed by atoms with Crippen LogP contribution in [0.3, 0.4) is 0 Å². The van der Waals surface area contributed by atoms with Gasteiger partial charge in [0.2, 0.25) is 0 Å². The number of carbonyl (C=O) groups is 1. The third-order valence-electron chi connectivity index (χ3n) is 3.24. The Morgan fingerprint density at radius 3 is 2.79 bits per heavy atom. The Labute approximate surface area is 152 Å². The zero-order chi connectivity index (χ0) is 17.1. The van der Waals surface area contributed by atoms with Crippen LogP contribution in [0, 0.1) is 5.82 Å². The Morgan fingerprint density at radius 2 is 2.08 bits per heavy atom. The first-order chi connectivity index (χ1) is 11.5. The van der Waals surface area contributed by atoms with Crippen molar-refractivity contribution in [2.24, 2.45) is 0 Å². The molecule has 24 heavy (non-hydrogen) atoms. The molecule has 2 aromatic rings. The van der Waals surface area contributed by atoms with E-state index in [4.69, 9.17) is 28.6 Å². The Bertz CT molecular complexity index is 834. The molecule has 122 valence electrons. The fourth-order valence-corrected chi connectivity index (χ4v) is 3.35. The average Bonchev–Trinajstić information content (AvgIpc) is 2.85. The zero-order valence-corrected chi connectivity index (χ0v) is 14.6. The Kier molecular flexibility index (Phi) is 5.18. The van der Waals surface area contributed by atoms with Crippen molar-refractivity contribution < 1.29 is 13.9 Å². The van der Waals surface area contributed by atoms with Gasteiger partial charge in [-0.1, -0.05) is 53.8 Å². The lowest BCUT2D eigenvalue weighted by atomic mass is 10.2. The molecule has 0 bridgehead atoms. The number of rotatable bonds is 4. The molecule has 0 unspecified atom stereocenters. The Hall–Kier alpha value is -1.89. The summed E-state index contributed by atoms with van der Waals surface area (Å²) in [5.74, 6) is -0.0718. The minimum absolute atomic E-state index is 0.0187. The van der Waals surface area contributed by atoms with Gasteiger partial charge in [0, 0.05) is 5.56 Å². The number of benzene rings is 2. The van der Waals surface area contributed by atoms with Gasteiger partial charge in [0.05, 0.1) is 9.93 Å². The molecule has 0 radical (unpaired) electrons. The maximum atomic E-state index is 13.7. The molecule has 3 nitrogen and oxygen atoms in total. The molecule has 1 N–H and O–H groups in total. The van der Waals surface area contributed by atoms with Crippen LogP contribution in [0.25, 0.3) is 6.08 Å². The summed E-state index contributed by atoms with van der Waals surface area (Å²) in [4.78, 5) is 12.2. The van der Waals surface area contributed by atoms with Gasteiger partial charge >= 0.3 is 0 Å². The van der Waals surface area contributed by atoms with Gasteiger partial charge in [-0.05, 0) is 35.9 Å². The van der Waals surface area contributed by atoms with Crippen molar-refractivity contribution in [2.75, 3.05) is 0 Å². The van der Waals surface area contributed by atoms with Crippen molar-refractivity contribution in [3.63, 3.8) is 0 Å². The molecule has 2 aromatic carbocycles. The van der Waals surface area contributed by atoms with Crippen LogP contribution >= 0.6 is 35.6 Å². The van der Waals surface area contributed by atoms with Crippen LogP contribution in [0.2, 0.25) is 5.02 Å². The lowest BCUT2D eigenvalue weighted by molar-refractivity contribution is -0.115. The number of carbonyl (C=O) groups excluding carboxylic acids is 1. The SMILES string of the molecule is O=C1NC(=S)S/C1=C/c1cccc(OCc2c(F)cccc2Cl)c1. The summed E-state index contributed by atoms with van der Waals surface area (Å²) in [5, 5.41) is 2.88. The zero-order valence-electron chi connectivity index (χ0n) is 12.2. The van der Waals surface area contributed by atoms with Gasteiger partial charge in [0.1, 0.15) is 22.5 Å². The topological polar surface area (TPSA) is 38.3 Å². The predicted molar refractivity (Wildman–Crippen MR) is 98.5 cm³/mol. The highest BCUT2D eigenvalue weighted by Crippen LogP contribution is 2.27. The number of hydrogen-bond donors (Lipinski definition) is 1. The quantitative estimate of drug-likeness (QED) is 0.625. The van der Waals surface area contributed by atoms with Crippen molar-refractivity contribution in [1.82, 2.24) is 5.32 Å². The standard InChI is InChI=1S/C17H11ClFNO2S2/c18-13-5-2-6-14(19)12(13)9-22-11-4-1-3-10(7-11)8-15-16(21)20-17(23)24-15/h1-8H,9H2,(H,20,21,23)/b15-8+. The number of ether oxygens (including phenoxy) is 1. The lowest BCUT2D eigenvalue weighted by Crippen LogP contribution is -2.17. The van der Waals surface area contributed by atoms with Gasteiger partial charge in [-0.3, -0.25) is 4.79 Å². The minimum atomic E-state index is -0.409. The molecule has 1 saturated heterocycles. The van der Waals surface area contributed by atoms with Crippen molar-refractivity contribution in [3.05, 3.63) is 69.3 Å². The second-order valence-electron chi connectivity index (χ2n) is 4.91. The highest BCUT2D eigenvalue weighted by molar-refractivity contribution is 8.26. The van der Waals surface area contributed by atoms with Crippen LogP contribution in [0.15, 0.2) is 47.4 Å². The molecule has 1 heterocycles. The Morgan fingerprint density at radius 1 is 1.29 bits per heavy atom. The molecule has 0 aliphatic carbocycles. The van der Waals surface area contributed by atoms with Crippen LogP contribution in [0.4, 0.5) is 4.39 Å². The molecule has 3 rings (SSSR count). The van der Waals surface area contributed by atoms with Gasteiger partial charge in [0.25, 0.3) is 5.91 Å². The molecular formula is C17H11ClFNO2S2. The highest BCUT2D eigenvalue weighted by Gasteiger charge is 2.21. The van der Waals surface area contributed by atoms with Crippen LogP contribution in [-0.4, -0.2) is 10.2 Å². The molecule has 1 aliphatic heterocycles. The number of hydrogen-bond acceptors (Lipinski definition) is 4. The van der Waals surface area contributed by atoms with Crippen LogP contribution < -0.4 is 10.1 Å². The first kappa shape index (κ1) is 17.0. The van der Waals surface area contributed by atoms with E-state index in [-0.39, 0.29) is 12.5 Å². The number of amides is 1. The van der Waals surface area contributed by atoms with Crippen LogP contribution in [-0.2, 0) is 11.4 Å². The third-order valence-corrected chi connectivity index (χ3v) is 4.76. The molecule has 1 fully saturated rings. The molecular weight excluding hydrogens is 369 g/mol. The lowest BCUT2D eigenvalue weighted by Gasteiger charge is -2.09. The van der Waals surface area contributed by atoms with Crippen molar-refractivity contribution >= 4 is 51.9 Å². The van der Waals surface area contributed by atoms with Gasteiger partial charge in [-0.2, -0.15) is 0 Å². The van der Waals surface area contributed by atoms with Gasteiger partial charge in [-0.15, -0.1) is 0 Å². The molecule has 0 atom stereocenters. The molecule has 1 amide bonds. The number of thiocarbonyl (C=S) groups is 1. The van der Waals surface area contributed by atoms with E-state index >= 15 is 0 Å². The van der Waals surface area contributed by atoms with E-state index in [1.807, 2.05) is 6.07 Å². The van der Waals surface area contributed by atoms with Gasteiger partial charge < -0.3 is 10.1 Å². The first-order valence-electron chi connectivity index (χ1n) is 6.93. The maximum absolute atomic E-state index is 13.7. The Balaban J connectivity index is 1.75. The maximum Gasteiger partial charge on any atom is 0.263 e. The molecule has 0 aromatic heterocycles. The summed E-state index contributed by atoms with van der Waals surface area (Å²) in [5.41, 5.74) is 1.09.